The first-order valence-corrected chi connectivity index (χ1v) is 6.31. The predicted octanol–water partition coefficient (Wildman–Crippen LogP) is 0.613. The summed E-state index contributed by atoms with van der Waals surface area (Å²) in [6, 6.07) is -0.834. The monoisotopic (exact) mass is 241 g/mol. The lowest BCUT2D eigenvalue weighted by molar-refractivity contribution is -0.150. The summed E-state index contributed by atoms with van der Waals surface area (Å²) in [6.45, 7) is 0.173. The molecule has 2 rings (SSSR count). The second-order valence-electron chi connectivity index (χ2n) is 5.07. The van der Waals surface area contributed by atoms with Gasteiger partial charge in [-0.3, -0.25) is 4.79 Å². The number of β-amino-alcohol motifs (C(OH)–C–C–N with tert-alkyl or cyclic N) is 1. The van der Waals surface area contributed by atoms with Gasteiger partial charge in [0.15, 0.2) is 0 Å². The first-order valence-electron chi connectivity index (χ1n) is 6.31. The second kappa shape index (κ2) is 5.04. The van der Waals surface area contributed by atoms with Crippen LogP contribution >= 0.6 is 0 Å². The van der Waals surface area contributed by atoms with Crippen molar-refractivity contribution < 1.29 is 19.8 Å². The highest BCUT2D eigenvalue weighted by Gasteiger charge is 2.41. The third kappa shape index (κ3) is 2.60. The van der Waals surface area contributed by atoms with Crippen LogP contribution in [0.25, 0.3) is 0 Å². The average molecular weight is 241 g/mol. The zero-order valence-electron chi connectivity index (χ0n) is 9.84. The van der Waals surface area contributed by atoms with Crippen molar-refractivity contribution in [2.24, 2.45) is 5.92 Å². The summed E-state index contributed by atoms with van der Waals surface area (Å²) in [5.74, 6) is -1.12. The Morgan fingerprint density at radius 2 is 1.76 bits per heavy atom. The Balaban J connectivity index is 2.04. The van der Waals surface area contributed by atoms with Crippen LogP contribution in [0.1, 0.15) is 38.5 Å². The molecule has 5 nitrogen and oxygen atoms in total. The fraction of sp³-hybridized carbons (Fsp3) is 0.833. The van der Waals surface area contributed by atoms with Crippen LogP contribution in [0.2, 0.25) is 0 Å². The molecule has 2 fully saturated rings. The van der Waals surface area contributed by atoms with Gasteiger partial charge in [0.05, 0.1) is 6.10 Å². The summed E-state index contributed by atoms with van der Waals surface area (Å²) in [4.78, 5) is 24.6. The molecule has 0 aromatic heterocycles. The fourth-order valence-electron chi connectivity index (χ4n) is 2.88. The van der Waals surface area contributed by atoms with Gasteiger partial charge in [-0.05, 0) is 12.8 Å². The molecule has 1 saturated carbocycles. The van der Waals surface area contributed by atoms with Gasteiger partial charge < -0.3 is 15.1 Å². The molecule has 2 N–H and O–H groups in total. The quantitative estimate of drug-likeness (QED) is 0.742. The van der Waals surface area contributed by atoms with Gasteiger partial charge in [-0.2, -0.15) is 0 Å². The predicted molar refractivity (Wildman–Crippen MR) is 60.3 cm³/mol. The Hall–Kier alpha value is -1.10. The molecule has 1 amide bonds. The number of carbonyl (C=O) groups is 2. The van der Waals surface area contributed by atoms with E-state index in [9.17, 15) is 14.7 Å². The summed E-state index contributed by atoms with van der Waals surface area (Å²) >= 11 is 0. The van der Waals surface area contributed by atoms with Crippen molar-refractivity contribution in [2.45, 2.75) is 50.7 Å². The highest BCUT2D eigenvalue weighted by atomic mass is 16.4. The molecule has 0 unspecified atom stereocenters. The van der Waals surface area contributed by atoms with Crippen LogP contribution in [0.5, 0.6) is 0 Å². The van der Waals surface area contributed by atoms with Gasteiger partial charge in [0.25, 0.3) is 0 Å². The minimum Gasteiger partial charge on any atom is -0.480 e. The number of carboxylic acid groups (broad SMARTS) is 1. The largest absolute Gasteiger partial charge is 0.480 e. The van der Waals surface area contributed by atoms with E-state index >= 15 is 0 Å². The maximum Gasteiger partial charge on any atom is 0.326 e. The second-order valence-corrected chi connectivity index (χ2v) is 5.07. The first-order chi connectivity index (χ1) is 8.09. The lowest BCUT2D eigenvalue weighted by atomic mass is 9.88. The molecule has 2 aliphatic rings. The van der Waals surface area contributed by atoms with Gasteiger partial charge >= 0.3 is 5.97 Å². The van der Waals surface area contributed by atoms with Crippen molar-refractivity contribution in [1.29, 1.82) is 0 Å². The Labute approximate surface area is 100 Å². The Morgan fingerprint density at radius 3 is 2.35 bits per heavy atom. The smallest absolute Gasteiger partial charge is 0.326 e. The summed E-state index contributed by atoms with van der Waals surface area (Å²) in [5.41, 5.74) is 0. The molecule has 17 heavy (non-hydrogen) atoms. The van der Waals surface area contributed by atoms with E-state index in [1.165, 1.54) is 4.90 Å². The molecular formula is C12H19NO4. The Bertz CT molecular complexity index is 312. The van der Waals surface area contributed by atoms with Gasteiger partial charge in [0.2, 0.25) is 5.91 Å². The number of rotatable bonds is 2. The number of aliphatic hydroxyl groups is 1. The molecule has 1 aliphatic heterocycles. The molecule has 1 saturated heterocycles. The van der Waals surface area contributed by atoms with Crippen LogP contribution < -0.4 is 0 Å². The number of nitrogens with zero attached hydrogens (tertiary/aromatic N) is 1. The first kappa shape index (κ1) is 12.4. The summed E-state index contributed by atoms with van der Waals surface area (Å²) in [6.07, 6.45) is 4.44. The van der Waals surface area contributed by atoms with Gasteiger partial charge in [0, 0.05) is 18.9 Å². The van der Waals surface area contributed by atoms with E-state index in [1.54, 1.807) is 0 Å². The minimum atomic E-state index is -1.01. The number of hydrogen-bond acceptors (Lipinski definition) is 3. The Kier molecular flexibility index (Phi) is 3.66. The van der Waals surface area contributed by atoms with Crippen molar-refractivity contribution in [3.8, 4) is 0 Å². The number of carboxylic acids is 1. The normalized spacial score (nSPS) is 30.5. The van der Waals surface area contributed by atoms with Crippen LogP contribution in [-0.2, 0) is 9.59 Å². The Morgan fingerprint density at radius 1 is 1.12 bits per heavy atom. The van der Waals surface area contributed by atoms with Crippen LogP contribution in [0.4, 0.5) is 0 Å². The molecule has 0 radical (unpaired) electrons. The summed E-state index contributed by atoms with van der Waals surface area (Å²) in [7, 11) is 0. The highest BCUT2D eigenvalue weighted by molar-refractivity contribution is 5.85. The number of aliphatic hydroxyl groups excluding tert-OH is 1. The van der Waals surface area contributed by atoms with Crippen molar-refractivity contribution in [3.05, 3.63) is 0 Å². The number of carbonyl (C=O) groups excluding carboxylic acids is 1. The van der Waals surface area contributed by atoms with E-state index in [1.807, 2.05) is 0 Å². The maximum absolute atomic E-state index is 12.2. The molecule has 0 aromatic rings. The molecular weight excluding hydrogens is 222 g/mol. The lowest BCUT2D eigenvalue weighted by Crippen LogP contribution is -2.44. The van der Waals surface area contributed by atoms with E-state index in [-0.39, 0.29) is 24.8 Å². The summed E-state index contributed by atoms with van der Waals surface area (Å²) in [5, 5.41) is 18.6. The van der Waals surface area contributed by atoms with Gasteiger partial charge in [-0.15, -0.1) is 0 Å². The maximum atomic E-state index is 12.2. The SMILES string of the molecule is O=C(O)[C@H]1C[C@@H](O)CN1C(=O)C1CCCCC1. The zero-order valence-corrected chi connectivity index (χ0v) is 9.84. The molecule has 0 aromatic carbocycles. The van der Waals surface area contributed by atoms with E-state index in [4.69, 9.17) is 5.11 Å². The number of amides is 1. The standard InChI is InChI=1S/C12H19NO4/c14-9-6-10(12(16)17)13(7-9)11(15)8-4-2-1-3-5-8/h8-10,14H,1-7H2,(H,16,17)/t9-,10-/m1/s1. The van der Waals surface area contributed by atoms with E-state index < -0.39 is 18.1 Å². The summed E-state index contributed by atoms with van der Waals surface area (Å²) < 4.78 is 0. The van der Waals surface area contributed by atoms with Crippen LogP contribution in [0.3, 0.4) is 0 Å². The van der Waals surface area contributed by atoms with E-state index in [0.29, 0.717) is 0 Å². The van der Waals surface area contributed by atoms with Gasteiger partial charge in [-0.25, -0.2) is 4.79 Å². The molecule has 0 bridgehead atoms. The van der Waals surface area contributed by atoms with E-state index in [2.05, 4.69) is 0 Å². The third-order valence-corrected chi connectivity index (χ3v) is 3.80. The van der Waals surface area contributed by atoms with E-state index in [0.717, 1.165) is 32.1 Å². The lowest BCUT2D eigenvalue weighted by Gasteiger charge is -2.28. The molecule has 2 atom stereocenters. The van der Waals surface area contributed by atoms with Crippen LogP contribution in [-0.4, -0.2) is 45.7 Å². The third-order valence-electron chi connectivity index (χ3n) is 3.80. The highest BCUT2D eigenvalue weighted by Crippen LogP contribution is 2.28. The average Bonchev–Trinajstić information content (AvgIpc) is 2.72. The molecule has 0 spiro atoms. The molecule has 5 heteroatoms. The van der Waals surface area contributed by atoms with Gasteiger partial charge in [0.1, 0.15) is 6.04 Å². The fourth-order valence-corrected chi connectivity index (χ4v) is 2.88. The zero-order chi connectivity index (χ0) is 12.4. The van der Waals surface area contributed by atoms with Gasteiger partial charge in [-0.1, -0.05) is 19.3 Å². The van der Waals surface area contributed by atoms with Crippen LogP contribution in [0, 0.1) is 5.92 Å². The molecule has 1 heterocycles. The van der Waals surface area contributed by atoms with Crippen molar-refractivity contribution in [3.63, 3.8) is 0 Å². The van der Waals surface area contributed by atoms with Crippen LogP contribution in [0.15, 0.2) is 0 Å². The molecule has 1 aliphatic carbocycles. The topological polar surface area (TPSA) is 77.8 Å². The minimum absolute atomic E-state index is 0.0316. The molecule has 96 valence electrons. The van der Waals surface area contributed by atoms with Crippen molar-refractivity contribution >= 4 is 11.9 Å². The van der Waals surface area contributed by atoms with Crippen molar-refractivity contribution in [1.82, 2.24) is 4.90 Å². The number of aliphatic carboxylic acids is 1. The van der Waals surface area contributed by atoms with Crippen molar-refractivity contribution in [2.75, 3.05) is 6.54 Å². The number of hydrogen-bond donors (Lipinski definition) is 2. The number of likely N-dealkylation sites (tertiary alicyclic amines) is 1.